The summed E-state index contributed by atoms with van der Waals surface area (Å²) >= 11 is 0. The van der Waals surface area contributed by atoms with E-state index in [0.29, 0.717) is 0 Å². The maximum atomic E-state index is 3.16. The number of benzene rings is 2. The third-order valence-electron chi connectivity index (χ3n) is 5.12. The summed E-state index contributed by atoms with van der Waals surface area (Å²) in [5.74, 6) is 0. The lowest BCUT2D eigenvalue weighted by Crippen LogP contribution is -1.90. The van der Waals surface area contributed by atoms with E-state index < -0.39 is 0 Å². The van der Waals surface area contributed by atoms with Crippen molar-refractivity contribution in [3.05, 3.63) is 60.2 Å². The number of anilines is 2. The van der Waals surface area contributed by atoms with Gasteiger partial charge in [0.25, 0.3) is 0 Å². The van der Waals surface area contributed by atoms with Crippen LogP contribution in [0.1, 0.15) is 76.7 Å². The van der Waals surface area contributed by atoms with Crippen LogP contribution in [0.3, 0.4) is 0 Å². The highest BCUT2D eigenvalue weighted by Gasteiger charge is 1.95. The van der Waals surface area contributed by atoms with Crippen LogP contribution >= 0.6 is 0 Å². The van der Waals surface area contributed by atoms with Crippen molar-refractivity contribution in [2.45, 2.75) is 77.6 Å². The molecule has 0 radical (unpaired) electrons. The second kappa shape index (κ2) is 17.2. The van der Waals surface area contributed by atoms with Gasteiger partial charge in [0.15, 0.2) is 0 Å². The Hall–Kier alpha value is -1.96. The summed E-state index contributed by atoms with van der Waals surface area (Å²) in [4.78, 5) is 0. The Labute approximate surface area is 174 Å². The molecule has 0 aliphatic heterocycles. The molecule has 0 saturated heterocycles. The molecule has 0 spiro atoms. The van der Waals surface area contributed by atoms with E-state index in [9.17, 15) is 0 Å². The topological polar surface area (TPSA) is 24.1 Å². The van der Waals surface area contributed by atoms with Gasteiger partial charge in [-0.2, -0.15) is 0 Å². The molecule has 156 valence electrons. The molecule has 0 atom stereocenters. The Bertz CT molecular complexity index is 563. The number of para-hydroxylation sites is 1. The van der Waals surface area contributed by atoms with Gasteiger partial charge < -0.3 is 10.6 Å². The fourth-order valence-corrected chi connectivity index (χ4v) is 3.26. The molecular weight excluding hydrogens is 340 g/mol. The van der Waals surface area contributed by atoms with Crippen LogP contribution in [-0.2, 0) is 6.42 Å². The zero-order valence-electron chi connectivity index (χ0n) is 18.5. The minimum atomic E-state index is 1.16. The maximum absolute atomic E-state index is 3.16. The van der Waals surface area contributed by atoms with Crippen LogP contribution in [0.25, 0.3) is 0 Å². The second-order valence-electron chi connectivity index (χ2n) is 7.49. The highest BCUT2D eigenvalue weighted by molar-refractivity contribution is 5.43. The van der Waals surface area contributed by atoms with E-state index in [2.05, 4.69) is 41.8 Å². The predicted octanol–water partition coefficient (Wildman–Crippen LogP) is 7.92. The van der Waals surface area contributed by atoms with E-state index in [-0.39, 0.29) is 0 Å². The van der Waals surface area contributed by atoms with Gasteiger partial charge in [0.1, 0.15) is 0 Å². The first-order valence-electron chi connectivity index (χ1n) is 11.3. The van der Waals surface area contributed by atoms with Crippen molar-refractivity contribution in [3.63, 3.8) is 0 Å². The summed E-state index contributed by atoms with van der Waals surface area (Å²) in [5.41, 5.74) is 3.84. The van der Waals surface area contributed by atoms with Crippen molar-refractivity contribution in [3.8, 4) is 0 Å². The average Bonchev–Trinajstić information content (AvgIpc) is 2.76. The normalized spacial score (nSPS) is 10.1. The molecule has 0 amide bonds. The average molecular weight is 383 g/mol. The van der Waals surface area contributed by atoms with Gasteiger partial charge in [0.05, 0.1) is 0 Å². The fourth-order valence-electron chi connectivity index (χ4n) is 3.26. The summed E-state index contributed by atoms with van der Waals surface area (Å²) in [5, 5.41) is 6.19. The Kier molecular flexibility index (Phi) is 14.8. The number of nitrogens with one attached hydrogen (secondary N) is 2. The van der Waals surface area contributed by atoms with Crippen molar-refractivity contribution in [1.29, 1.82) is 0 Å². The number of hydrogen-bond acceptors (Lipinski definition) is 2. The first-order chi connectivity index (χ1) is 13.8. The Morgan fingerprint density at radius 1 is 0.536 bits per heavy atom. The largest absolute Gasteiger partial charge is 0.388 e. The Balaban J connectivity index is 0.000000406. The standard InChI is InChI=1S/C19H33N.C7H9N/c1-3-4-5-6-7-8-9-10-11-12-13-18-14-16-19(20-2)17-15-18;1-8-7-5-3-2-4-6-7/h14-17,20H,3-13H2,1-2H3;2-6,8H,1H3. The monoisotopic (exact) mass is 382 g/mol. The molecule has 2 rings (SSSR count). The van der Waals surface area contributed by atoms with E-state index in [1.165, 1.54) is 81.9 Å². The third-order valence-corrected chi connectivity index (χ3v) is 5.12. The molecule has 0 saturated carbocycles. The van der Waals surface area contributed by atoms with Crippen LogP contribution in [-0.4, -0.2) is 14.1 Å². The number of unbranched alkanes of at least 4 members (excludes halogenated alkanes) is 9. The molecule has 0 unspecified atom stereocenters. The molecule has 2 heteroatoms. The smallest absolute Gasteiger partial charge is 0.0337 e. The Morgan fingerprint density at radius 3 is 1.46 bits per heavy atom. The van der Waals surface area contributed by atoms with Crippen molar-refractivity contribution < 1.29 is 0 Å². The highest BCUT2D eigenvalue weighted by atomic mass is 14.8. The predicted molar refractivity (Wildman–Crippen MR) is 128 cm³/mol. The summed E-state index contributed by atoms with van der Waals surface area (Å²) in [7, 11) is 3.88. The van der Waals surface area contributed by atoms with E-state index in [1.54, 1.807) is 0 Å². The van der Waals surface area contributed by atoms with Crippen LogP contribution in [0.15, 0.2) is 54.6 Å². The molecule has 28 heavy (non-hydrogen) atoms. The van der Waals surface area contributed by atoms with E-state index in [1.807, 2.05) is 44.4 Å². The molecule has 2 nitrogen and oxygen atoms in total. The second-order valence-corrected chi connectivity index (χ2v) is 7.49. The molecule has 0 heterocycles. The quantitative estimate of drug-likeness (QED) is 0.344. The zero-order chi connectivity index (χ0) is 20.3. The van der Waals surface area contributed by atoms with Gasteiger partial charge in [-0.25, -0.2) is 0 Å². The molecule has 2 aromatic rings. The van der Waals surface area contributed by atoms with Crippen LogP contribution in [0.5, 0.6) is 0 Å². The van der Waals surface area contributed by atoms with Crippen LogP contribution in [0.2, 0.25) is 0 Å². The van der Waals surface area contributed by atoms with Crippen LogP contribution in [0.4, 0.5) is 11.4 Å². The third kappa shape index (κ3) is 12.4. The van der Waals surface area contributed by atoms with Crippen molar-refractivity contribution in [2.75, 3.05) is 24.7 Å². The van der Waals surface area contributed by atoms with Gasteiger partial charge in [-0.15, -0.1) is 0 Å². The lowest BCUT2D eigenvalue weighted by atomic mass is 10.0. The van der Waals surface area contributed by atoms with Gasteiger partial charge in [-0.3, -0.25) is 0 Å². The first-order valence-corrected chi connectivity index (χ1v) is 11.3. The molecule has 0 aromatic heterocycles. The van der Waals surface area contributed by atoms with Crippen molar-refractivity contribution in [2.24, 2.45) is 0 Å². The number of aryl methyl sites for hydroxylation is 1. The van der Waals surface area contributed by atoms with Gasteiger partial charge in [-0.1, -0.05) is 95.0 Å². The fraction of sp³-hybridized carbons (Fsp3) is 0.538. The lowest BCUT2D eigenvalue weighted by Gasteiger charge is -2.04. The molecule has 0 bridgehead atoms. The maximum Gasteiger partial charge on any atom is 0.0337 e. The van der Waals surface area contributed by atoms with Crippen molar-refractivity contribution in [1.82, 2.24) is 0 Å². The summed E-state index contributed by atoms with van der Waals surface area (Å²) in [6, 6.07) is 18.9. The van der Waals surface area contributed by atoms with Crippen LogP contribution in [0, 0.1) is 0 Å². The number of hydrogen-bond donors (Lipinski definition) is 2. The minimum Gasteiger partial charge on any atom is -0.388 e. The summed E-state index contributed by atoms with van der Waals surface area (Å²) < 4.78 is 0. The molecule has 0 aliphatic carbocycles. The highest BCUT2D eigenvalue weighted by Crippen LogP contribution is 2.14. The first kappa shape index (κ1) is 24.1. The van der Waals surface area contributed by atoms with Gasteiger partial charge in [-0.05, 0) is 42.7 Å². The van der Waals surface area contributed by atoms with E-state index in [4.69, 9.17) is 0 Å². The van der Waals surface area contributed by atoms with Crippen molar-refractivity contribution >= 4 is 11.4 Å². The van der Waals surface area contributed by atoms with Gasteiger partial charge in [0.2, 0.25) is 0 Å². The molecular formula is C26H42N2. The molecule has 2 N–H and O–H groups in total. The molecule has 0 fully saturated rings. The zero-order valence-corrected chi connectivity index (χ0v) is 18.5. The van der Waals surface area contributed by atoms with Gasteiger partial charge >= 0.3 is 0 Å². The number of rotatable bonds is 13. The van der Waals surface area contributed by atoms with E-state index in [0.717, 1.165) is 5.69 Å². The van der Waals surface area contributed by atoms with Gasteiger partial charge in [0, 0.05) is 25.5 Å². The summed E-state index contributed by atoms with van der Waals surface area (Å²) in [6.45, 7) is 2.28. The van der Waals surface area contributed by atoms with Crippen LogP contribution < -0.4 is 10.6 Å². The Morgan fingerprint density at radius 2 is 1.00 bits per heavy atom. The lowest BCUT2D eigenvalue weighted by molar-refractivity contribution is 0.556. The summed E-state index contributed by atoms with van der Waals surface area (Å²) in [6.07, 6.45) is 15.4. The SMILES string of the molecule is CCCCCCCCCCCCc1ccc(NC)cc1.CNc1ccccc1. The molecule has 0 aliphatic rings. The van der Waals surface area contributed by atoms with E-state index >= 15 is 0 Å². The minimum absolute atomic E-state index is 1.16. The molecule has 2 aromatic carbocycles.